The second-order valence-corrected chi connectivity index (χ2v) is 12.5. The smallest absolute Gasteiger partial charge is 0.290 e. The Bertz CT molecular complexity index is 1170. The summed E-state index contributed by atoms with van der Waals surface area (Å²) in [4.78, 5) is 29.2. The number of piperidine rings is 1. The third-order valence-electron chi connectivity index (χ3n) is 6.41. The summed E-state index contributed by atoms with van der Waals surface area (Å²) in [6.45, 7) is 12.8. The number of pyridine rings is 1. The zero-order valence-electron chi connectivity index (χ0n) is 22.1. The van der Waals surface area contributed by atoms with Crippen LogP contribution in [0.5, 0.6) is 11.5 Å². The Labute approximate surface area is 226 Å². The lowest BCUT2D eigenvalue weighted by Crippen LogP contribution is -2.46. The van der Waals surface area contributed by atoms with Crippen LogP contribution >= 0.6 is 11.6 Å². The Morgan fingerprint density at radius 3 is 2.59 bits per heavy atom. The molecule has 2 heterocycles. The third kappa shape index (κ3) is 7.10. The number of methoxy groups -OCH3 is 1. The SMILES string of the molecule is C=CCOc1cc(C)c(Cl)cc1[C@H](N[S@@+]([O-])C(C)(C)C)C1CCN(C(=O)c2c[nH]c(=O)c(OC)c2)CC1. The van der Waals surface area contributed by atoms with E-state index >= 15 is 0 Å². The van der Waals surface area contributed by atoms with Crippen LogP contribution in [0.15, 0.2) is 41.8 Å². The maximum Gasteiger partial charge on any atom is 0.290 e. The van der Waals surface area contributed by atoms with Gasteiger partial charge in [0.25, 0.3) is 11.5 Å². The van der Waals surface area contributed by atoms with Crippen LogP contribution in [-0.4, -0.2) is 51.9 Å². The van der Waals surface area contributed by atoms with Crippen LogP contribution in [0.4, 0.5) is 0 Å². The Kier molecular flexibility index (Phi) is 9.74. The lowest BCUT2D eigenvalue weighted by Gasteiger charge is -2.38. The van der Waals surface area contributed by atoms with Crippen molar-refractivity contribution in [2.24, 2.45) is 5.92 Å². The number of aromatic amines is 1. The van der Waals surface area contributed by atoms with Crippen LogP contribution in [0, 0.1) is 12.8 Å². The van der Waals surface area contributed by atoms with E-state index in [2.05, 4.69) is 16.3 Å². The van der Waals surface area contributed by atoms with E-state index in [0.717, 1.165) is 11.1 Å². The van der Waals surface area contributed by atoms with E-state index < -0.39 is 16.1 Å². The van der Waals surface area contributed by atoms with Crippen molar-refractivity contribution in [2.45, 2.75) is 51.3 Å². The van der Waals surface area contributed by atoms with Gasteiger partial charge in [-0.3, -0.25) is 9.59 Å². The molecule has 1 aromatic heterocycles. The Morgan fingerprint density at radius 2 is 2.00 bits per heavy atom. The van der Waals surface area contributed by atoms with Gasteiger partial charge in [0, 0.05) is 47.3 Å². The van der Waals surface area contributed by atoms with Crippen LogP contribution in [0.25, 0.3) is 0 Å². The highest BCUT2D eigenvalue weighted by molar-refractivity contribution is 7.90. The second kappa shape index (κ2) is 12.4. The maximum absolute atomic E-state index is 13.2. The van der Waals surface area contributed by atoms with Gasteiger partial charge in [-0.1, -0.05) is 24.3 Å². The van der Waals surface area contributed by atoms with Crippen molar-refractivity contribution in [3.8, 4) is 11.5 Å². The molecule has 37 heavy (non-hydrogen) atoms. The number of likely N-dealkylation sites (tertiary alicyclic amines) is 1. The summed E-state index contributed by atoms with van der Waals surface area (Å²) in [5.74, 6) is 0.663. The Morgan fingerprint density at radius 1 is 1.32 bits per heavy atom. The summed E-state index contributed by atoms with van der Waals surface area (Å²) in [5, 5.41) is 0.605. The molecule has 1 fully saturated rings. The molecule has 0 saturated carbocycles. The first-order valence-electron chi connectivity index (χ1n) is 12.2. The maximum atomic E-state index is 13.2. The van der Waals surface area contributed by atoms with Gasteiger partial charge >= 0.3 is 0 Å². The molecule has 0 bridgehead atoms. The molecule has 0 unspecified atom stereocenters. The molecule has 2 aromatic rings. The monoisotopic (exact) mass is 549 g/mol. The number of aryl methyl sites for hydroxylation is 1. The molecule has 3 rings (SSSR count). The molecule has 10 heteroatoms. The molecule has 2 atom stereocenters. The predicted molar refractivity (Wildman–Crippen MR) is 148 cm³/mol. The summed E-state index contributed by atoms with van der Waals surface area (Å²) >= 11 is 5.18. The quantitative estimate of drug-likeness (QED) is 0.351. The summed E-state index contributed by atoms with van der Waals surface area (Å²) < 4.78 is 27.1. The van der Waals surface area contributed by atoms with Gasteiger partial charge in [0.2, 0.25) is 0 Å². The van der Waals surface area contributed by atoms with Crippen LogP contribution in [0.3, 0.4) is 0 Å². The van der Waals surface area contributed by atoms with Crippen molar-refractivity contribution in [1.82, 2.24) is 14.6 Å². The minimum absolute atomic E-state index is 0.0744. The van der Waals surface area contributed by atoms with Crippen molar-refractivity contribution >= 4 is 28.9 Å². The zero-order chi connectivity index (χ0) is 27.3. The number of H-pyrrole nitrogens is 1. The summed E-state index contributed by atoms with van der Waals surface area (Å²) in [5.41, 5.74) is 1.70. The van der Waals surface area contributed by atoms with Crippen molar-refractivity contribution in [3.05, 3.63) is 69.1 Å². The normalized spacial score (nSPS) is 16.2. The van der Waals surface area contributed by atoms with Crippen molar-refractivity contribution in [2.75, 3.05) is 26.8 Å². The molecule has 1 saturated heterocycles. The van der Waals surface area contributed by atoms with E-state index in [-0.39, 0.29) is 29.2 Å². The highest BCUT2D eigenvalue weighted by Crippen LogP contribution is 2.39. The summed E-state index contributed by atoms with van der Waals surface area (Å²) in [7, 11) is 1.39. The number of ether oxygens (including phenoxy) is 2. The van der Waals surface area contributed by atoms with Gasteiger partial charge in [-0.2, -0.15) is 0 Å². The number of rotatable bonds is 9. The first-order valence-corrected chi connectivity index (χ1v) is 13.8. The third-order valence-corrected chi connectivity index (χ3v) is 8.39. The molecule has 1 aromatic carbocycles. The van der Waals surface area contributed by atoms with Gasteiger partial charge in [-0.05, 0) is 64.2 Å². The molecule has 1 aliphatic rings. The number of nitrogens with one attached hydrogen (secondary N) is 2. The predicted octanol–water partition coefficient (Wildman–Crippen LogP) is 4.56. The van der Waals surface area contributed by atoms with E-state index in [1.54, 1.807) is 11.0 Å². The molecule has 202 valence electrons. The van der Waals surface area contributed by atoms with Gasteiger partial charge in [-0.15, -0.1) is 4.72 Å². The molecule has 0 spiro atoms. The van der Waals surface area contributed by atoms with E-state index in [9.17, 15) is 14.1 Å². The zero-order valence-corrected chi connectivity index (χ0v) is 23.6. The summed E-state index contributed by atoms with van der Waals surface area (Å²) in [6.07, 6.45) is 4.45. The molecule has 8 nitrogen and oxygen atoms in total. The highest BCUT2D eigenvalue weighted by Gasteiger charge is 2.37. The first-order chi connectivity index (χ1) is 17.5. The van der Waals surface area contributed by atoms with Gasteiger partial charge in [-0.25, -0.2) is 0 Å². The highest BCUT2D eigenvalue weighted by atomic mass is 35.5. The largest absolute Gasteiger partial charge is 0.598 e. The van der Waals surface area contributed by atoms with Crippen molar-refractivity contribution in [1.29, 1.82) is 0 Å². The number of amides is 1. The standard InChI is InChI=1S/C27H36ClN3O5S/c1-7-12-36-22-13-17(2)21(28)15-20(22)24(30-37(34)27(3,4)5)18-8-10-31(11-9-18)26(33)19-14-23(35-6)25(32)29-16-19/h7,13-16,18,24,30H,1,8-12H2,2-6H3,(H,29,32)/t24-,37+/m1/s1. The van der Waals surface area contributed by atoms with Crippen LogP contribution in [-0.2, 0) is 11.4 Å². The second-order valence-electron chi connectivity index (χ2n) is 10.1. The van der Waals surface area contributed by atoms with Crippen molar-refractivity contribution < 1.29 is 18.8 Å². The number of carbonyl (C=O) groups is 1. The minimum Gasteiger partial charge on any atom is -0.598 e. The molecular weight excluding hydrogens is 514 g/mol. The summed E-state index contributed by atoms with van der Waals surface area (Å²) in [6, 6.07) is 4.94. The van der Waals surface area contributed by atoms with E-state index in [4.69, 9.17) is 21.1 Å². The number of aromatic nitrogens is 1. The fourth-order valence-corrected chi connectivity index (χ4v) is 5.33. The number of hydrogen-bond acceptors (Lipinski definition) is 6. The van der Waals surface area contributed by atoms with E-state index in [0.29, 0.717) is 48.9 Å². The number of carbonyl (C=O) groups excluding carboxylic acids is 1. The number of nitrogens with zero attached hydrogens (tertiary/aromatic N) is 1. The average molecular weight is 550 g/mol. The molecule has 0 aliphatic carbocycles. The average Bonchev–Trinajstić information content (AvgIpc) is 2.87. The molecule has 0 radical (unpaired) electrons. The first kappa shape index (κ1) is 29.1. The number of hydrogen-bond donors (Lipinski definition) is 2. The molecule has 1 aliphatic heterocycles. The molecule has 1 amide bonds. The Hall–Kier alpha value is -2.46. The number of halogens is 1. The molecule has 2 N–H and O–H groups in total. The van der Waals surface area contributed by atoms with Crippen molar-refractivity contribution in [3.63, 3.8) is 0 Å². The fraction of sp³-hybridized carbons (Fsp3) is 0.481. The van der Waals surface area contributed by atoms with Crippen LogP contribution in [0.2, 0.25) is 5.02 Å². The van der Waals surface area contributed by atoms with E-state index in [1.807, 2.05) is 39.8 Å². The van der Waals surface area contributed by atoms with Gasteiger partial charge in [0.1, 0.15) is 17.1 Å². The molecular formula is C27H36ClN3O5S. The van der Waals surface area contributed by atoms with Crippen LogP contribution in [0.1, 0.15) is 61.1 Å². The fourth-order valence-electron chi connectivity index (χ4n) is 4.25. The minimum atomic E-state index is -1.35. The van der Waals surface area contributed by atoms with Gasteiger partial charge in [0.05, 0.1) is 18.7 Å². The topological polar surface area (TPSA) is 107 Å². The Balaban J connectivity index is 1.87. The lowest BCUT2D eigenvalue weighted by atomic mass is 9.85. The van der Waals surface area contributed by atoms with Gasteiger partial charge in [0.15, 0.2) is 5.75 Å². The van der Waals surface area contributed by atoms with Gasteiger partial charge < -0.3 is 23.9 Å². The number of benzene rings is 1. The van der Waals surface area contributed by atoms with E-state index in [1.165, 1.54) is 19.4 Å². The lowest BCUT2D eigenvalue weighted by molar-refractivity contribution is 0.0673. The van der Waals surface area contributed by atoms with Crippen LogP contribution < -0.4 is 19.8 Å².